The number of anilines is 1. The maximum absolute atomic E-state index is 13.5. The van der Waals surface area contributed by atoms with Crippen molar-refractivity contribution in [3.63, 3.8) is 0 Å². The average Bonchev–Trinajstić information content (AvgIpc) is 2.79. The third-order valence-corrected chi connectivity index (χ3v) is 5.86. The van der Waals surface area contributed by atoms with E-state index in [0.717, 1.165) is 19.4 Å². The van der Waals surface area contributed by atoms with E-state index in [1.807, 2.05) is 7.05 Å². The minimum atomic E-state index is -3.70. The van der Waals surface area contributed by atoms with E-state index in [4.69, 9.17) is 5.73 Å². The fraction of sp³-hybridized carbons (Fsp3) is 0.571. The van der Waals surface area contributed by atoms with Crippen LogP contribution in [0.1, 0.15) is 24.0 Å². The summed E-state index contributed by atoms with van der Waals surface area (Å²) < 4.78 is 41.2. The van der Waals surface area contributed by atoms with E-state index in [2.05, 4.69) is 9.62 Å². The Morgan fingerprint density at radius 3 is 2.71 bits per heavy atom. The van der Waals surface area contributed by atoms with Gasteiger partial charge in [0, 0.05) is 12.6 Å². The third-order valence-electron chi connectivity index (χ3n) is 4.15. The molecule has 1 aliphatic rings. The standard InChI is InChI=1S/C14H22FN3O2S/c1-9-7-12(15)13(16)10(2)14(9)21(19,20)17-8-11-5-4-6-18(11)3/h7,11,17H,4-6,8,16H2,1-3H3. The van der Waals surface area contributed by atoms with Crippen LogP contribution in [-0.2, 0) is 10.0 Å². The van der Waals surface area contributed by atoms with Crippen LogP contribution < -0.4 is 10.5 Å². The number of aryl methyl sites for hydroxylation is 1. The summed E-state index contributed by atoms with van der Waals surface area (Å²) in [4.78, 5) is 2.23. The number of nitrogens with one attached hydrogen (secondary N) is 1. The highest BCUT2D eigenvalue weighted by Crippen LogP contribution is 2.27. The smallest absolute Gasteiger partial charge is 0.241 e. The van der Waals surface area contributed by atoms with Gasteiger partial charge in [-0.2, -0.15) is 0 Å². The molecule has 0 radical (unpaired) electrons. The molecule has 0 bridgehead atoms. The highest BCUT2D eigenvalue weighted by molar-refractivity contribution is 7.89. The van der Waals surface area contributed by atoms with Crippen LogP contribution in [0.25, 0.3) is 0 Å². The average molecular weight is 315 g/mol. The van der Waals surface area contributed by atoms with E-state index in [1.165, 1.54) is 13.0 Å². The topological polar surface area (TPSA) is 75.4 Å². The molecule has 21 heavy (non-hydrogen) atoms. The zero-order chi connectivity index (χ0) is 15.8. The largest absolute Gasteiger partial charge is 0.396 e. The first-order valence-electron chi connectivity index (χ1n) is 6.99. The summed E-state index contributed by atoms with van der Waals surface area (Å²) in [6, 6.07) is 1.37. The van der Waals surface area contributed by atoms with Gasteiger partial charge in [-0.15, -0.1) is 0 Å². The number of benzene rings is 1. The molecular formula is C14H22FN3O2S. The number of likely N-dealkylation sites (N-methyl/N-ethyl adjacent to an activating group) is 1. The lowest BCUT2D eigenvalue weighted by molar-refractivity contribution is 0.311. The summed E-state index contributed by atoms with van der Waals surface area (Å²) in [5.41, 5.74) is 6.13. The number of likely N-dealkylation sites (tertiary alicyclic amines) is 1. The molecule has 0 saturated carbocycles. The Morgan fingerprint density at radius 2 is 2.14 bits per heavy atom. The number of hydrogen-bond acceptors (Lipinski definition) is 4. The number of hydrogen-bond donors (Lipinski definition) is 2. The summed E-state index contributed by atoms with van der Waals surface area (Å²) in [6.07, 6.45) is 2.05. The Bertz CT molecular complexity index is 646. The predicted octanol–water partition coefficient (Wildman–Crippen LogP) is 1.40. The normalized spacial score (nSPS) is 20.1. The SMILES string of the molecule is Cc1cc(F)c(N)c(C)c1S(=O)(=O)NCC1CCCN1C. The number of rotatable bonds is 4. The van der Waals surface area contributed by atoms with Gasteiger partial charge in [0.15, 0.2) is 0 Å². The van der Waals surface area contributed by atoms with Crippen LogP contribution in [0.3, 0.4) is 0 Å². The van der Waals surface area contributed by atoms with Crippen LogP contribution >= 0.6 is 0 Å². The quantitative estimate of drug-likeness (QED) is 0.824. The molecule has 0 aliphatic carbocycles. The molecule has 1 fully saturated rings. The second-order valence-corrected chi connectivity index (χ2v) is 7.38. The number of nitrogens with zero attached hydrogens (tertiary/aromatic N) is 1. The molecule has 0 aromatic heterocycles. The van der Waals surface area contributed by atoms with Gasteiger partial charge >= 0.3 is 0 Å². The molecule has 1 saturated heterocycles. The molecule has 3 N–H and O–H groups in total. The Morgan fingerprint density at radius 1 is 1.48 bits per heavy atom. The molecule has 7 heteroatoms. The molecule has 1 unspecified atom stereocenters. The van der Waals surface area contributed by atoms with Crippen molar-refractivity contribution < 1.29 is 12.8 Å². The van der Waals surface area contributed by atoms with Gasteiger partial charge in [-0.05, 0) is 57.5 Å². The molecule has 2 rings (SSSR count). The number of sulfonamides is 1. The third kappa shape index (κ3) is 3.20. The van der Waals surface area contributed by atoms with Gasteiger partial charge in [0.2, 0.25) is 10.0 Å². The van der Waals surface area contributed by atoms with E-state index in [1.54, 1.807) is 6.92 Å². The zero-order valence-corrected chi connectivity index (χ0v) is 13.4. The molecule has 1 aromatic carbocycles. The number of nitrogen functional groups attached to an aromatic ring is 1. The van der Waals surface area contributed by atoms with Crippen LogP contribution in [0, 0.1) is 19.7 Å². The van der Waals surface area contributed by atoms with E-state index in [9.17, 15) is 12.8 Å². The lowest BCUT2D eigenvalue weighted by Crippen LogP contribution is -2.38. The first kappa shape index (κ1) is 16.2. The maximum atomic E-state index is 13.5. The Hall–Kier alpha value is -1.18. The number of halogens is 1. The molecule has 1 aliphatic heterocycles. The lowest BCUT2D eigenvalue weighted by atomic mass is 10.1. The van der Waals surface area contributed by atoms with Crippen LogP contribution in [-0.4, -0.2) is 39.5 Å². The first-order valence-corrected chi connectivity index (χ1v) is 8.47. The van der Waals surface area contributed by atoms with E-state index in [0.29, 0.717) is 12.1 Å². The van der Waals surface area contributed by atoms with Gasteiger partial charge in [0.05, 0.1) is 10.6 Å². The molecule has 0 spiro atoms. The Kier molecular flexibility index (Phi) is 4.55. The molecule has 118 valence electrons. The zero-order valence-electron chi connectivity index (χ0n) is 12.6. The first-order chi connectivity index (χ1) is 9.74. The molecule has 0 amide bonds. The van der Waals surface area contributed by atoms with Crippen LogP contribution in [0.5, 0.6) is 0 Å². The summed E-state index contributed by atoms with van der Waals surface area (Å²) in [6.45, 7) is 4.44. The van der Waals surface area contributed by atoms with Crippen LogP contribution in [0.15, 0.2) is 11.0 Å². The van der Waals surface area contributed by atoms with Crippen molar-refractivity contribution in [1.82, 2.24) is 9.62 Å². The van der Waals surface area contributed by atoms with Crippen molar-refractivity contribution >= 4 is 15.7 Å². The fourth-order valence-electron chi connectivity index (χ4n) is 2.86. The second-order valence-electron chi connectivity index (χ2n) is 5.67. The van der Waals surface area contributed by atoms with Gasteiger partial charge in [-0.3, -0.25) is 0 Å². The van der Waals surface area contributed by atoms with Crippen molar-refractivity contribution in [2.45, 2.75) is 37.6 Å². The van der Waals surface area contributed by atoms with Crippen LogP contribution in [0.2, 0.25) is 0 Å². The van der Waals surface area contributed by atoms with Gasteiger partial charge in [0.1, 0.15) is 5.82 Å². The molecule has 5 nitrogen and oxygen atoms in total. The van der Waals surface area contributed by atoms with Crippen molar-refractivity contribution in [2.75, 3.05) is 25.9 Å². The van der Waals surface area contributed by atoms with Gasteiger partial charge in [-0.25, -0.2) is 17.5 Å². The van der Waals surface area contributed by atoms with Gasteiger partial charge in [0.25, 0.3) is 0 Å². The minimum Gasteiger partial charge on any atom is -0.396 e. The molecule has 1 atom stereocenters. The van der Waals surface area contributed by atoms with Crippen LogP contribution in [0.4, 0.5) is 10.1 Å². The molecule has 1 heterocycles. The summed E-state index contributed by atoms with van der Waals surface area (Å²) in [5.74, 6) is -0.584. The van der Waals surface area contributed by atoms with Gasteiger partial charge in [-0.1, -0.05) is 0 Å². The predicted molar refractivity (Wildman–Crippen MR) is 81.1 cm³/mol. The van der Waals surface area contributed by atoms with E-state index in [-0.39, 0.29) is 22.2 Å². The fourth-order valence-corrected chi connectivity index (χ4v) is 4.41. The maximum Gasteiger partial charge on any atom is 0.241 e. The number of nitrogens with two attached hydrogens (primary N) is 1. The van der Waals surface area contributed by atoms with Crippen molar-refractivity contribution in [1.29, 1.82) is 0 Å². The van der Waals surface area contributed by atoms with Gasteiger partial charge < -0.3 is 10.6 Å². The van der Waals surface area contributed by atoms with E-state index >= 15 is 0 Å². The van der Waals surface area contributed by atoms with Crippen molar-refractivity contribution in [2.24, 2.45) is 0 Å². The van der Waals surface area contributed by atoms with Crippen molar-refractivity contribution in [3.8, 4) is 0 Å². The highest BCUT2D eigenvalue weighted by atomic mass is 32.2. The summed E-state index contributed by atoms with van der Waals surface area (Å²) in [7, 11) is -1.71. The lowest BCUT2D eigenvalue weighted by Gasteiger charge is -2.21. The summed E-state index contributed by atoms with van der Waals surface area (Å²) in [5, 5.41) is 0. The summed E-state index contributed by atoms with van der Waals surface area (Å²) >= 11 is 0. The molecule has 1 aromatic rings. The van der Waals surface area contributed by atoms with E-state index < -0.39 is 15.8 Å². The van der Waals surface area contributed by atoms with Crippen molar-refractivity contribution in [3.05, 3.63) is 23.0 Å². The Balaban J connectivity index is 2.26. The monoisotopic (exact) mass is 315 g/mol. The highest BCUT2D eigenvalue weighted by Gasteiger charge is 2.26. The second kappa shape index (κ2) is 5.90. The molecular weight excluding hydrogens is 293 g/mol. The minimum absolute atomic E-state index is 0.0852. The Labute approximate surface area is 125 Å².